The summed E-state index contributed by atoms with van der Waals surface area (Å²) < 4.78 is 34.3. The minimum atomic E-state index is -3.58. The van der Waals surface area contributed by atoms with E-state index in [1.165, 1.54) is 11.8 Å². The molecule has 1 N–H and O–H groups in total. The summed E-state index contributed by atoms with van der Waals surface area (Å²) in [4.78, 5) is 9.31. The molecule has 5 rings (SSSR count). The van der Waals surface area contributed by atoms with E-state index in [-0.39, 0.29) is 10.9 Å². The number of nitrogens with zero attached hydrogens (tertiary/aromatic N) is 3. The van der Waals surface area contributed by atoms with Crippen LogP contribution in [-0.2, 0) is 21.3 Å². The molecule has 7 nitrogen and oxygen atoms in total. The first kappa shape index (κ1) is 19.9. The van der Waals surface area contributed by atoms with Crippen molar-refractivity contribution in [3.8, 4) is 0 Å². The number of hydrogen-bond acceptors (Lipinski definition) is 6. The minimum absolute atomic E-state index is 0.0755. The fraction of sp³-hybridized carbons (Fsp3) is 0.500. The van der Waals surface area contributed by atoms with Crippen molar-refractivity contribution in [2.75, 3.05) is 31.2 Å². The van der Waals surface area contributed by atoms with Gasteiger partial charge in [-0.3, -0.25) is 4.90 Å². The fourth-order valence-electron chi connectivity index (χ4n) is 4.89. The molecular weight excluding hydrogens is 400 g/mol. The van der Waals surface area contributed by atoms with E-state index in [1.54, 1.807) is 6.07 Å². The van der Waals surface area contributed by atoms with Gasteiger partial charge in [0.05, 0.1) is 25.3 Å². The van der Waals surface area contributed by atoms with Crippen LogP contribution in [0.25, 0.3) is 0 Å². The number of aromatic nitrogens is 1. The van der Waals surface area contributed by atoms with Crippen molar-refractivity contribution in [2.45, 2.75) is 48.8 Å². The standard InChI is InChI=1S/C22H28N4O3S/c27-30(28,24-18-10-11-25(14-18)13-17-4-2-1-3-5-17)21-8-9-22(23-12-21)26-19-6-7-20(26)16-29-15-19/h1-5,8-9,12,18-20,24H,6-7,10-11,13-16H2/t18?,19-,20+. The zero-order valence-corrected chi connectivity index (χ0v) is 17.8. The summed E-state index contributed by atoms with van der Waals surface area (Å²) in [5, 5.41) is 0. The summed E-state index contributed by atoms with van der Waals surface area (Å²) in [6.07, 6.45) is 4.52. The zero-order valence-electron chi connectivity index (χ0n) is 17.0. The number of benzene rings is 1. The number of morpholine rings is 1. The maximum absolute atomic E-state index is 12.9. The molecule has 0 radical (unpaired) electrons. The second-order valence-electron chi connectivity index (χ2n) is 8.51. The maximum atomic E-state index is 12.9. The second-order valence-corrected chi connectivity index (χ2v) is 10.2. The Balaban J connectivity index is 1.21. The van der Waals surface area contributed by atoms with Crippen molar-refractivity contribution >= 4 is 15.8 Å². The predicted octanol–water partition coefficient (Wildman–Crippen LogP) is 2.00. The van der Waals surface area contributed by atoms with Gasteiger partial charge in [-0.05, 0) is 37.0 Å². The monoisotopic (exact) mass is 428 g/mol. The van der Waals surface area contributed by atoms with Crippen LogP contribution in [0.1, 0.15) is 24.8 Å². The van der Waals surface area contributed by atoms with Gasteiger partial charge in [0, 0.05) is 31.9 Å². The first-order valence-electron chi connectivity index (χ1n) is 10.7. The summed E-state index contributed by atoms with van der Waals surface area (Å²) in [7, 11) is -3.58. The van der Waals surface area contributed by atoms with E-state index in [4.69, 9.17) is 4.74 Å². The van der Waals surface area contributed by atoms with Crippen molar-refractivity contribution < 1.29 is 13.2 Å². The van der Waals surface area contributed by atoms with Crippen molar-refractivity contribution in [3.63, 3.8) is 0 Å². The molecule has 2 aromatic rings. The first-order chi connectivity index (χ1) is 14.6. The number of hydrogen-bond donors (Lipinski definition) is 1. The van der Waals surface area contributed by atoms with E-state index in [0.717, 1.165) is 57.9 Å². The van der Waals surface area contributed by atoms with Gasteiger partial charge in [0.2, 0.25) is 10.0 Å². The summed E-state index contributed by atoms with van der Waals surface area (Å²) in [5.74, 6) is 0.847. The summed E-state index contributed by atoms with van der Waals surface area (Å²) >= 11 is 0. The Morgan fingerprint density at radius 2 is 1.80 bits per heavy atom. The molecule has 1 aromatic carbocycles. The Hall–Kier alpha value is -2.00. The van der Waals surface area contributed by atoms with Gasteiger partial charge in [-0.15, -0.1) is 0 Å². The second kappa shape index (κ2) is 8.26. The Labute approximate surface area is 178 Å². The van der Waals surface area contributed by atoms with Crippen LogP contribution in [0.5, 0.6) is 0 Å². The molecule has 0 saturated carbocycles. The molecule has 3 aliphatic rings. The van der Waals surface area contributed by atoms with Gasteiger partial charge in [0.25, 0.3) is 0 Å². The smallest absolute Gasteiger partial charge is 0.242 e. The maximum Gasteiger partial charge on any atom is 0.242 e. The Morgan fingerprint density at radius 1 is 1.03 bits per heavy atom. The number of fused-ring (bicyclic) bond motifs is 2. The highest BCUT2D eigenvalue weighted by molar-refractivity contribution is 7.89. The van der Waals surface area contributed by atoms with Crippen molar-refractivity contribution in [2.24, 2.45) is 0 Å². The highest BCUT2D eigenvalue weighted by atomic mass is 32.2. The van der Waals surface area contributed by atoms with Crippen LogP contribution in [0, 0.1) is 0 Å². The lowest BCUT2D eigenvalue weighted by molar-refractivity contribution is 0.0902. The number of ether oxygens (including phenoxy) is 1. The molecule has 3 atom stereocenters. The van der Waals surface area contributed by atoms with Gasteiger partial charge < -0.3 is 9.64 Å². The van der Waals surface area contributed by atoms with Crippen molar-refractivity contribution in [3.05, 3.63) is 54.2 Å². The number of rotatable bonds is 6. The van der Waals surface area contributed by atoms with E-state index in [1.807, 2.05) is 24.3 Å². The quantitative estimate of drug-likeness (QED) is 0.759. The molecule has 2 bridgehead atoms. The van der Waals surface area contributed by atoms with Crippen LogP contribution < -0.4 is 9.62 Å². The van der Waals surface area contributed by atoms with Gasteiger partial charge in [-0.2, -0.15) is 0 Å². The number of sulfonamides is 1. The van der Waals surface area contributed by atoms with Crippen LogP contribution in [0.3, 0.4) is 0 Å². The van der Waals surface area contributed by atoms with Crippen LogP contribution in [-0.4, -0.2) is 62.7 Å². The average molecular weight is 429 g/mol. The first-order valence-corrected chi connectivity index (χ1v) is 12.2. The van der Waals surface area contributed by atoms with Crippen molar-refractivity contribution in [1.29, 1.82) is 0 Å². The van der Waals surface area contributed by atoms with Gasteiger partial charge in [-0.1, -0.05) is 30.3 Å². The molecule has 3 aliphatic heterocycles. The summed E-state index contributed by atoms with van der Waals surface area (Å²) in [5.41, 5.74) is 1.25. The predicted molar refractivity (Wildman–Crippen MR) is 115 cm³/mol. The normalized spacial score (nSPS) is 26.9. The van der Waals surface area contributed by atoms with Gasteiger partial charge in [0.15, 0.2) is 0 Å². The largest absolute Gasteiger partial charge is 0.377 e. The Kier molecular flexibility index (Phi) is 5.49. The molecule has 3 saturated heterocycles. The lowest BCUT2D eigenvalue weighted by Gasteiger charge is -2.35. The van der Waals surface area contributed by atoms with Crippen molar-refractivity contribution in [1.82, 2.24) is 14.6 Å². The number of anilines is 1. The summed E-state index contributed by atoms with van der Waals surface area (Å²) in [6.45, 7) is 3.90. The van der Waals surface area contributed by atoms with E-state index in [9.17, 15) is 8.42 Å². The van der Waals surface area contributed by atoms with Gasteiger partial charge in [-0.25, -0.2) is 18.1 Å². The van der Waals surface area contributed by atoms with E-state index in [2.05, 4.69) is 31.6 Å². The molecular formula is C22H28N4O3S. The lowest BCUT2D eigenvalue weighted by Crippen LogP contribution is -2.46. The number of nitrogens with one attached hydrogen (secondary N) is 1. The molecule has 0 aliphatic carbocycles. The van der Waals surface area contributed by atoms with Crippen LogP contribution in [0.2, 0.25) is 0 Å². The highest BCUT2D eigenvalue weighted by Gasteiger charge is 2.38. The molecule has 0 spiro atoms. The van der Waals surface area contributed by atoms with Gasteiger partial charge in [0.1, 0.15) is 10.7 Å². The number of pyridine rings is 1. The molecule has 160 valence electrons. The lowest BCUT2D eigenvalue weighted by atomic mass is 10.2. The molecule has 4 heterocycles. The average Bonchev–Trinajstić information content (AvgIpc) is 3.28. The molecule has 3 fully saturated rings. The van der Waals surface area contributed by atoms with Gasteiger partial charge >= 0.3 is 0 Å². The Morgan fingerprint density at radius 3 is 2.50 bits per heavy atom. The minimum Gasteiger partial charge on any atom is -0.377 e. The molecule has 1 aromatic heterocycles. The fourth-order valence-corrected chi connectivity index (χ4v) is 6.09. The number of likely N-dealkylation sites (tertiary alicyclic amines) is 1. The molecule has 8 heteroatoms. The van der Waals surface area contributed by atoms with E-state index < -0.39 is 10.0 Å². The van der Waals surface area contributed by atoms with Crippen LogP contribution in [0.15, 0.2) is 53.6 Å². The van der Waals surface area contributed by atoms with E-state index in [0.29, 0.717) is 12.1 Å². The highest BCUT2D eigenvalue weighted by Crippen LogP contribution is 2.33. The zero-order chi connectivity index (χ0) is 20.6. The molecule has 0 amide bonds. The Bertz CT molecular complexity index is 952. The third-order valence-electron chi connectivity index (χ3n) is 6.38. The van der Waals surface area contributed by atoms with E-state index >= 15 is 0 Å². The molecule has 1 unspecified atom stereocenters. The SMILES string of the molecule is O=S(=O)(NC1CCN(Cc2ccccc2)C1)c1ccc(N2[C@@H]3CC[C@H]2COC3)nc1. The van der Waals surface area contributed by atoms with Crippen LogP contribution >= 0.6 is 0 Å². The topological polar surface area (TPSA) is 74.8 Å². The summed E-state index contributed by atoms with van der Waals surface area (Å²) in [6, 6.07) is 14.4. The third-order valence-corrected chi connectivity index (χ3v) is 7.88. The third kappa shape index (κ3) is 4.09. The van der Waals surface area contributed by atoms with Crippen LogP contribution in [0.4, 0.5) is 5.82 Å². The molecule has 30 heavy (non-hydrogen) atoms.